The summed E-state index contributed by atoms with van der Waals surface area (Å²) < 4.78 is 24.3. The molecule has 0 aromatic carbocycles. The molecule has 5 nitrogen and oxygen atoms in total. The van der Waals surface area contributed by atoms with Gasteiger partial charge in [-0.3, -0.25) is 4.79 Å². The summed E-state index contributed by atoms with van der Waals surface area (Å²) in [6.07, 6.45) is 4.62. The van der Waals surface area contributed by atoms with Crippen LogP contribution in [0.5, 0.6) is 0 Å². The van der Waals surface area contributed by atoms with E-state index in [1.54, 1.807) is 4.57 Å². The molecule has 1 aromatic rings. The van der Waals surface area contributed by atoms with Crippen molar-refractivity contribution in [3.63, 3.8) is 0 Å². The van der Waals surface area contributed by atoms with Gasteiger partial charge in [0.05, 0.1) is 0 Å². The maximum absolute atomic E-state index is 12.2. The summed E-state index contributed by atoms with van der Waals surface area (Å²) in [4.78, 5) is 12.2. The van der Waals surface area contributed by atoms with E-state index in [2.05, 4.69) is 12.2 Å². The Morgan fingerprint density at radius 2 is 2.20 bits per heavy atom. The molecule has 2 unspecified atom stereocenters. The molecule has 0 aliphatic heterocycles. The molecule has 112 valence electrons. The quantitative estimate of drug-likeness (QED) is 0.819. The van der Waals surface area contributed by atoms with E-state index in [1.807, 2.05) is 6.92 Å². The molecule has 1 aliphatic carbocycles. The normalized spacial score (nSPS) is 21.8. The minimum Gasteiger partial charge on any atom is -0.348 e. The third-order valence-corrected chi connectivity index (χ3v) is 4.95. The van der Waals surface area contributed by atoms with Crippen LogP contribution in [0.25, 0.3) is 0 Å². The molecule has 1 fully saturated rings. The van der Waals surface area contributed by atoms with Crippen molar-refractivity contribution in [1.82, 2.24) is 9.88 Å². The number of rotatable bonds is 6. The molecule has 0 bridgehead atoms. The fourth-order valence-corrected chi connectivity index (χ4v) is 3.18. The Balaban J connectivity index is 2.12. The molecular formula is C13H19ClN2O3S. The topological polar surface area (TPSA) is 68.2 Å². The van der Waals surface area contributed by atoms with E-state index < -0.39 is 9.05 Å². The van der Waals surface area contributed by atoms with Crippen molar-refractivity contribution < 1.29 is 13.2 Å². The summed E-state index contributed by atoms with van der Waals surface area (Å²) in [5.74, 6) is 0.326. The Kier molecular flexibility index (Phi) is 4.44. The SMILES string of the molecule is CCCC1CC1NC(=O)c1cc(S(=O)(=O)Cl)cn1CC. The number of nitrogens with one attached hydrogen (secondary N) is 1. The van der Waals surface area contributed by atoms with E-state index in [0.29, 0.717) is 18.2 Å². The molecule has 2 rings (SSSR count). The molecule has 1 N–H and O–H groups in total. The van der Waals surface area contributed by atoms with Gasteiger partial charge in [0.2, 0.25) is 0 Å². The molecule has 1 heterocycles. The minimum atomic E-state index is -3.81. The molecule has 1 saturated carbocycles. The summed E-state index contributed by atoms with van der Waals surface area (Å²) in [5, 5.41) is 2.95. The van der Waals surface area contributed by atoms with Crippen LogP contribution in [0.15, 0.2) is 17.2 Å². The fourth-order valence-electron chi connectivity index (χ4n) is 2.43. The van der Waals surface area contributed by atoms with Crippen LogP contribution >= 0.6 is 10.7 Å². The third kappa shape index (κ3) is 3.35. The van der Waals surface area contributed by atoms with Crippen molar-refractivity contribution in [2.24, 2.45) is 5.92 Å². The molecule has 1 aliphatic rings. The predicted octanol–water partition coefficient (Wildman–Crippen LogP) is 2.35. The molecule has 0 saturated heterocycles. The largest absolute Gasteiger partial charge is 0.348 e. The number of carbonyl (C=O) groups is 1. The van der Waals surface area contributed by atoms with Crippen LogP contribution in [-0.4, -0.2) is 24.9 Å². The number of amides is 1. The van der Waals surface area contributed by atoms with E-state index in [9.17, 15) is 13.2 Å². The molecule has 20 heavy (non-hydrogen) atoms. The van der Waals surface area contributed by atoms with Crippen molar-refractivity contribution in [2.45, 2.75) is 50.6 Å². The van der Waals surface area contributed by atoms with Gasteiger partial charge in [0.15, 0.2) is 0 Å². The Labute approximate surface area is 123 Å². The van der Waals surface area contributed by atoms with Crippen LogP contribution in [-0.2, 0) is 15.6 Å². The second-order valence-electron chi connectivity index (χ2n) is 5.15. The number of aromatic nitrogens is 1. The molecule has 2 atom stereocenters. The summed E-state index contributed by atoms with van der Waals surface area (Å²) in [6, 6.07) is 1.55. The molecule has 1 aromatic heterocycles. The highest BCUT2D eigenvalue weighted by Gasteiger charge is 2.37. The van der Waals surface area contributed by atoms with Gasteiger partial charge in [0.1, 0.15) is 10.6 Å². The van der Waals surface area contributed by atoms with Crippen molar-refractivity contribution in [2.75, 3.05) is 0 Å². The molecule has 0 spiro atoms. The van der Waals surface area contributed by atoms with Crippen molar-refractivity contribution in [3.8, 4) is 0 Å². The van der Waals surface area contributed by atoms with Crippen LogP contribution in [0.2, 0.25) is 0 Å². The lowest BCUT2D eigenvalue weighted by Crippen LogP contribution is -2.28. The second-order valence-corrected chi connectivity index (χ2v) is 7.72. The fraction of sp³-hybridized carbons (Fsp3) is 0.615. The van der Waals surface area contributed by atoms with Gasteiger partial charge in [-0.2, -0.15) is 0 Å². The monoisotopic (exact) mass is 318 g/mol. The number of halogens is 1. The molecule has 7 heteroatoms. The first-order chi connectivity index (χ1) is 9.36. The Bertz CT molecular complexity index is 609. The van der Waals surface area contributed by atoms with Gasteiger partial charge in [-0.25, -0.2) is 8.42 Å². The highest BCUT2D eigenvalue weighted by molar-refractivity contribution is 8.13. The maximum atomic E-state index is 12.2. The number of carbonyl (C=O) groups excluding carboxylic acids is 1. The zero-order valence-electron chi connectivity index (χ0n) is 11.6. The Morgan fingerprint density at radius 1 is 1.50 bits per heavy atom. The molecule has 1 amide bonds. The number of hydrogen-bond donors (Lipinski definition) is 1. The van der Waals surface area contributed by atoms with Crippen LogP contribution in [0.4, 0.5) is 0 Å². The van der Waals surface area contributed by atoms with Crippen molar-refractivity contribution >= 4 is 25.6 Å². The van der Waals surface area contributed by atoms with Gasteiger partial charge in [-0.1, -0.05) is 13.3 Å². The summed E-state index contributed by atoms with van der Waals surface area (Å²) in [6.45, 7) is 4.48. The van der Waals surface area contributed by atoms with Gasteiger partial charge < -0.3 is 9.88 Å². The highest BCUT2D eigenvalue weighted by Crippen LogP contribution is 2.34. The van der Waals surface area contributed by atoms with E-state index in [4.69, 9.17) is 10.7 Å². The second kappa shape index (κ2) is 5.77. The van der Waals surface area contributed by atoms with E-state index >= 15 is 0 Å². The lowest BCUT2D eigenvalue weighted by molar-refractivity contribution is 0.0939. The summed E-state index contributed by atoms with van der Waals surface area (Å²) >= 11 is 0. The zero-order valence-corrected chi connectivity index (χ0v) is 13.2. The first-order valence-electron chi connectivity index (χ1n) is 6.82. The summed E-state index contributed by atoms with van der Waals surface area (Å²) in [7, 11) is 1.51. The van der Waals surface area contributed by atoms with Gasteiger partial charge in [-0.15, -0.1) is 0 Å². The lowest BCUT2D eigenvalue weighted by atomic mass is 10.2. The number of aryl methyl sites for hydroxylation is 1. The Hall–Kier alpha value is -1.01. The zero-order chi connectivity index (χ0) is 14.9. The summed E-state index contributed by atoms with van der Waals surface area (Å²) in [5.41, 5.74) is 0.342. The Morgan fingerprint density at radius 3 is 2.75 bits per heavy atom. The number of hydrogen-bond acceptors (Lipinski definition) is 3. The van der Waals surface area contributed by atoms with Crippen LogP contribution < -0.4 is 5.32 Å². The average molecular weight is 319 g/mol. The van der Waals surface area contributed by atoms with Crippen LogP contribution in [0, 0.1) is 5.92 Å². The number of nitrogens with zero attached hydrogens (tertiary/aromatic N) is 1. The third-order valence-electron chi connectivity index (χ3n) is 3.62. The van der Waals surface area contributed by atoms with E-state index in [0.717, 1.165) is 19.3 Å². The van der Waals surface area contributed by atoms with Crippen LogP contribution in [0.1, 0.15) is 43.6 Å². The molecular weight excluding hydrogens is 300 g/mol. The van der Waals surface area contributed by atoms with Crippen molar-refractivity contribution in [1.29, 1.82) is 0 Å². The maximum Gasteiger partial charge on any atom is 0.268 e. The average Bonchev–Trinajstić information content (AvgIpc) is 2.93. The molecule has 0 radical (unpaired) electrons. The highest BCUT2D eigenvalue weighted by atomic mass is 35.7. The van der Waals surface area contributed by atoms with Crippen molar-refractivity contribution in [3.05, 3.63) is 18.0 Å². The van der Waals surface area contributed by atoms with Gasteiger partial charge in [0, 0.05) is 29.5 Å². The van der Waals surface area contributed by atoms with E-state index in [1.165, 1.54) is 12.3 Å². The minimum absolute atomic E-state index is 0.0351. The smallest absolute Gasteiger partial charge is 0.268 e. The van der Waals surface area contributed by atoms with E-state index in [-0.39, 0.29) is 16.8 Å². The van der Waals surface area contributed by atoms with Gasteiger partial charge in [0.25, 0.3) is 15.0 Å². The lowest BCUT2D eigenvalue weighted by Gasteiger charge is -2.07. The standard InChI is InChI=1S/C13H19ClN2O3S/c1-3-5-9-6-11(9)15-13(17)12-7-10(20(14,18)19)8-16(12)4-2/h7-9,11H,3-6H2,1-2H3,(H,15,17). The van der Waals surface area contributed by atoms with Crippen LogP contribution in [0.3, 0.4) is 0 Å². The predicted molar refractivity (Wildman–Crippen MR) is 77.4 cm³/mol. The van der Waals surface area contributed by atoms with Gasteiger partial charge >= 0.3 is 0 Å². The first-order valence-corrected chi connectivity index (χ1v) is 9.13. The first kappa shape index (κ1) is 15.4. The van der Waals surface area contributed by atoms with Gasteiger partial charge in [-0.05, 0) is 31.7 Å².